The summed E-state index contributed by atoms with van der Waals surface area (Å²) in [5.41, 5.74) is 3.87. The Bertz CT molecular complexity index is 808. The molecule has 3 N–H and O–H groups in total. The zero-order valence-corrected chi connectivity index (χ0v) is 18.0. The summed E-state index contributed by atoms with van der Waals surface area (Å²) < 4.78 is 10.7. The average molecular weight is 419 g/mol. The molecule has 1 aliphatic heterocycles. The first-order valence-electron chi connectivity index (χ1n) is 9.97. The topological polar surface area (TPSA) is 79.2 Å². The van der Waals surface area contributed by atoms with Crippen LogP contribution in [0.15, 0.2) is 36.4 Å². The first kappa shape index (κ1) is 22.0. The van der Waals surface area contributed by atoms with Crippen molar-refractivity contribution in [3.8, 4) is 11.5 Å². The number of aryl methyl sites for hydroxylation is 1. The minimum absolute atomic E-state index is 0.0682. The summed E-state index contributed by atoms with van der Waals surface area (Å²) in [5.74, 6) is 0.999. The molecule has 1 fully saturated rings. The van der Waals surface area contributed by atoms with E-state index in [1.54, 1.807) is 24.9 Å². The van der Waals surface area contributed by atoms with Gasteiger partial charge in [0.1, 0.15) is 11.5 Å². The van der Waals surface area contributed by atoms with Crippen LogP contribution in [0.1, 0.15) is 40.8 Å². The molecule has 1 heterocycles. The Kier molecular flexibility index (Phi) is 7.46. The highest BCUT2D eigenvalue weighted by molar-refractivity contribution is 8.00. The number of benzene rings is 2. The number of aliphatic hydroxyl groups excluding tert-OH is 2. The van der Waals surface area contributed by atoms with Crippen molar-refractivity contribution in [1.29, 1.82) is 0 Å². The molecule has 0 amide bonds. The molecule has 0 spiro atoms. The van der Waals surface area contributed by atoms with Crippen LogP contribution in [-0.2, 0) is 11.2 Å². The maximum atomic E-state index is 10.6. The third kappa shape index (κ3) is 5.25. The fourth-order valence-corrected chi connectivity index (χ4v) is 5.38. The number of ether oxygens (including phenoxy) is 2. The van der Waals surface area contributed by atoms with Gasteiger partial charge >= 0.3 is 0 Å². The van der Waals surface area contributed by atoms with Gasteiger partial charge in [-0.2, -0.15) is 0 Å². The quantitative estimate of drug-likeness (QED) is 0.638. The molecule has 29 heavy (non-hydrogen) atoms. The second-order valence-electron chi connectivity index (χ2n) is 7.52. The van der Waals surface area contributed by atoms with Crippen molar-refractivity contribution in [1.82, 2.24) is 0 Å². The molecule has 2 aromatic carbocycles. The lowest BCUT2D eigenvalue weighted by Gasteiger charge is -2.37. The van der Waals surface area contributed by atoms with Crippen molar-refractivity contribution in [2.75, 3.05) is 20.3 Å². The van der Waals surface area contributed by atoms with E-state index in [-0.39, 0.29) is 11.0 Å². The van der Waals surface area contributed by atoms with Crippen LogP contribution in [0.2, 0.25) is 0 Å². The maximum Gasteiger partial charge on any atom is 0.120 e. The maximum absolute atomic E-state index is 10.6. The summed E-state index contributed by atoms with van der Waals surface area (Å²) in [5, 5.41) is 31.2. The lowest BCUT2D eigenvalue weighted by Crippen LogP contribution is -2.40. The number of hydrogen-bond acceptors (Lipinski definition) is 6. The van der Waals surface area contributed by atoms with Crippen LogP contribution in [0.25, 0.3) is 0 Å². The minimum Gasteiger partial charge on any atom is -0.508 e. The number of hydrogen-bond donors (Lipinski definition) is 3. The first-order chi connectivity index (χ1) is 13.9. The van der Waals surface area contributed by atoms with Crippen LogP contribution < -0.4 is 4.74 Å². The highest BCUT2D eigenvalue weighted by atomic mass is 32.2. The second-order valence-corrected chi connectivity index (χ2v) is 8.97. The van der Waals surface area contributed by atoms with Crippen LogP contribution in [0.3, 0.4) is 0 Å². The SMILES string of the molecule is CCOc1ccc(Cc2cc(C3SC(COC)CC(O)C3O)c(O)cc2C)cc1. The van der Waals surface area contributed by atoms with Crippen molar-refractivity contribution in [2.24, 2.45) is 0 Å². The van der Waals surface area contributed by atoms with E-state index in [1.165, 1.54) is 0 Å². The van der Waals surface area contributed by atoms with E-state index < -0.39 is 17.5 Å². The molecule has 0 aliphatic carbocycles. The van der Waals surface area contributed by atoms with Gasteiger partial charge in [0.05, 0.1) is 30.7 Å². The Morgan fingerprint density at radius 3 is 2.52 bits per heavy atom. The highest BCUT2D eigenvalue weighted by Crippen LogP contribution is 2.46. The summed E-state index contributed by atoms with van der Waals surface area (Å²) in [7, 11) is 1.63. The van der Waals surface area contributed by atoms with Gasteiger partial charge < -0.3 is 24.8 Å². The molecular weight excluding hydrogens is 388 g/mol. The largest absolute Gasteiger partial charge is 0.508 e. The van der Waals surface area contributed by atoms with Gasteiger partial charge in [-0.25, -0.2) is 0 Å². The molecule has 6 heteroatoms. The van der Waals surface area contributed by atoms with Crippen molar-refractivity contribution in [3.05, 3.63) is 58.7 Å². The van der Waals surface area contributed by atoms with E-state index in [4.69, 9.17) is 9.47 Å². The first-order valence-corrected chi connectivity index (χ1v) is 10.9. The predicted octanol–water partition coefficient (Wildman–Crippen LogP) is 3.60. The second kappa shape index (κ2) is 9.85. The average Bonchev–Trinajstić information content (AvgIpc) is 2.69. The summed E-state index contributed by atoms with van der Waals surface area (Å²) in [4.78, 5) is 0. The van der Waals surface area contributed by atoms with Gasteiger partial charge in [0.2, 0.25) is 0 Å². The molecule has 0 radical (unpaired) electrons. The zero-order valence-electron chi connectivity index (χ0n) is 17.2. The smallest absolute Gasteiger partial charge is 0.120 e. The van der Waals surface area contributed by atoms with Gasteiger partial charge in [-0.1, -0.05) is 18.2 Å². The summed E-state index contributed by atoms with van der Waals surface area (Å²) in [6.07, 6.45) is -0.582. The lowest BCUT2D eigenvalue weighted by molar-refractivity contribution is 0.00356. The molecule has 0 bridgehead atoms. The van der Waals surface area contributed by atoms with Crippen LogP contribution >= 0.6 is 11.8 Å². The van der Waals surface area contributed by atoms with E-state index in [0.717, 1.165) is 22.4 Å². The van der Waals surface area contributed by atoms with E-state index >= 15 is 0 Å². The zero-order chi connectivity index (χ0) is 21.0. The minimum atomic E-state index is -0.931. The van der Waals surface area contributed by atoms with Gasteiger partial charge in [0.15, 0.2) is 0 Å². The van der Waals surface area contributed by atoms with Crippen molar-refractivity contribution in [2.45, 2.75) is 49.4 Å². The standard InChI is InChI=1S/C23H30O5S/c1-4-28-17-7-5-15(6-8-17)10-16-11-19(20(24)9-14(16)2)23-22(26)21(25)12-18(29-23)13-27-3/h5-9,11,18,21-26H,4,10,12-13H2,1-3H3. The Morgan fingerprint density at radius 2 is 1.86 bits per heavy atom. The van der Waals surface area contributed by atoms with Gasteiger partial charge in [0, 0.05) is 17.9 Å². The van der Waals surface area contributed by atoms with Gasteiger partial charge in [0.25, 0.3) is 0 Å². The van der Waals surface area contributed by atoms with Crippen LogP contribution in [0, 0.1) is 6.92 Å². The fourth-order valence-electron chi connectivity index (χ4n) is 3.77. The molecule has 2 aromatic rings. The van der Waals surface area contributed by atoms with Gasteiger partial charge in [-0.05, 0) is 61.6 Å². The normalized spacial score (nSPS) is 24.4. The Hall–Kier alpha value is -1.73. The third-order valence-corrected chi connectivity index (χ3v) is 6.86. The number of phenolic OH excluding ortho intramolecular Hbond substituents is 1. The third-order valence-electron chi connectivity index (χ3n) is 5.32. The van der Waals surface area contributed by atoms with E-state index in [2.05, 4.69) is 0 Å². The van der Waals surface area contributed by atoms with Crippen molar-refractivity contribution < 1.29 is 24.8 Å². The number of phenols is 1. The molecule has 5 nitrogen and oxygen atoms in total. The summed E-state index contributed by atoms with van der Waals surface area (Å²) >= 11 is 1.55. The Labute approximate surface area is 176 Å². The van der Waals surface area contributed by atoms with E-state index in [1.807, 2.05) is 44.2 Å². The Balaban J connectivity index is 1.86. The molecule has 4 atom stereocenters. The molecule has 0 saturated carbocycles. The molecule has 3 rings (SSSR count). The summed E-state index contributed by atoms with van der Waals surface area (Å²) in [6, 6.07) is 11.7. The van der Waals surface area contributed by atoms with Crippen molar-refractivity contribution in [3.63, 3.8) is 0 Å². The monoisotopic (exact) mass is 418 g/mol. The van der Waals surface area contributed by atoms with Crippen molar-refractivity contribution >= 4 is 11.8 Å². The number of aliphatic hydroxyl groups is 2. The molecular formula is C23H30O5S. The lowest BCUT2D eigenvalue weighted by atomic mass is 9.93. The molecule has 0 aromatic heterocycles. The van der Waals surface area contributed by atoms with Gasteiger partial charge in [-0.3, -0.25) is 0 Å². The van der Waals surface area contributed by atoms with Crippen LogP contribution in [-0.4, -0.2) is 53.1 Å². The fraction of sp³-hybridized carbons (Fsp3) is 0.478. The Morgan fingerprint density at radius 1 is 1.14 bits per heavy atom. The molecule has 4 unspecified atom stereocenters. The number of thioether (sulfide) groups is 1. The van der Waals surface area contributed by atoms with E-state index in [0.29, 0.717) is 31.6 Å². The van der Waals surface area contributed by atoms with Crippen LogP contribution in [0.4, 0.5) is 0 Å². The van der Waals surface area contributed by atoms with Gasteiger partial charge in [-0.15, -0.1) is 11.8 Å². The molecule has 158 valence electrons. The number of methoxy groups -OCH3 is 1. The van der Waals surface area contributed by atoms with Crippen LogP contribution in [0.5, 0.6) is 11.5 Å². The summed E-state index contributed by atoms with van der Waals surface area (Å²) in [6.45, 7) is 5.06. The number of rotatable bonds is 7. The highest BCUT2D eigenvalue weighted by Gasteiger charge is 2.38. The van der Waals surface area contributed by atoms with E-state index in [9.17, 15) is 15.3 Å². The molecule has 1 aliphatic rings. The number of aromatic hydroxyl groups is 1. The predicted molar refractivity (Wildman–Crippen MR) is 116 cm³/mol. The molecule has 1 saturated heterocycles.